The number of amides is 2. The molecule has 0 aromatic rings. The number of likely N-dealkylation sites (tertiary alicyclic amines) is 1. The predicted molar refractivity (Wildman–Crippen MR) is 60.7 cm³/mol. The van der Waals surface area contributed by atoms with E-state index in [-0.39, 0.29) is 23.7 Å². The van der Waals surface area contributed by atoms with Gasteiger partial charge in [0.1, 0.15) is 0 Å². The second kappa shape index (κ2) is 4.53. The van der Waals surface area contributed by atoms with Crippen LogP contribution in [-0.4, -0.2) is 35.8 Å². The second-order valence-electron chi connectivity index (χ2n) is 5.14. The molecule has 0 spiro atoms. The molecule has 2 bridgehead atoms. The number of piperidine rings is 1. The molecule has 2 atom stereocenters. The lowest BCUT2D eigenvalue weighted by molar-refractivity contribution is -0.152. The number of hydrogen-bond donors (Lipinski definition) is 1. The molecule has 4 heteroatoms. The molecule has 16 heavy (non-hydrogen) atoms. The molecule has 1 saturated carbocycles. The average Bonchev–Trinajstić information content (AvgIpc) is 2.67. The molecule has 4 nitrogen and oxygen atoms in total. The van der Waals surface area contributed by atoms with Crippen LogP contribution in [0.1, 0.15) is 33.1 Å². The molecule has 1 aliphatic carbocycles. The van der Waals surface area contributed by atoms with E-state index in [9.17, 15) is 9.59 Å². The van der Waals surface area contributed by atoms with E-state index >= 15 is 0 Å². The van der Waals surface area contributed by atoms with Crippen molar-refractivity contribution in [3.63, 3.8) is 0 Å². The highest BCUT2D eigenvalue weighted by atomic mass is 16.2. The Morgan fingerprint density at radius 2 is 1.81 bits per heavy atom. The minimum absolute atomic E-state index is 0.0595. The lowest BCUT2D eigenvalue weighted by Crippen LogP contribution is -2.49. The lowest BCUT2D eigenvalue weighted by Gasteiger charge is -2.29. The molecular weight excluding hydrogens is 204 g/mol. The number of nitrogens with zero attached hydrogens (tertiary/aromatic N) is 1. The van der Waals surface area contributed by atoms with Gasteiger partial charge in [-0.05, 0) is 19.3 Å². The quantitative estimate of drug-likeness (QED) is 0.718. The third-order valence-corrected chi connectivity index (χ3v) is 3.55. The zero-order chi connectivity index (χ0) is 11.7. The van der Waals surface area contributed by atoms with Gasteiger partial charge >= 0.3 is 0 Å². The van der Waals surface area contributed by atoms with Crippen LogP contribution in [0.3, 0.4) is 0 Å². The first kappa shape index (κ1) is 11.6. The van der Waals surface area contributed by atoms with Crippen LogP contribution < -0.4 is 5.32 Å². The maximum Gasteiger partial charge on any atom is 0.232 e. The van der Waals surface area contributed by atoms with Gasteiger partial charge in [0.05, 0.1) is 0 Å². The maximum absolute atomic E-state index is 11.9. The molecule has 2 unspecified atom stereocenters. The Kier molecular flexibility index (Phi) is 3.28. The highest BCUT2D eigenvalue weighted by molar-refractivity contribution is 6.00. The van der Waals surface area contributed by atoms with Gasteiger partial charge in [-0.2, -0.15) is 0 Å². The second-order valence-corrected chi connectivity index (χ2v) is 5.14. The third-order valence-electron chi connectivity index (χ3n) is 3.55. The molecule has 2 fully saturated rings. The van der Waals surface area contributed by atoms with E-state index in [1.165, 1.54) is 4.90 Å². The fraction of sp³-hybridized carbons (Fsp3) is 0.833. The van der Waals surface area contributed by atoms with Crippen LogP contribution in [0.25, 0.3) is 0 Å². The SMILES string of the molecule is CC(C)NCCN1C(=O)C2CCC(C2)C1=O. The number of fused-ring (bicyclic) bond motifs is 2. The highest BCUT2D eigenvalue weighted by Crippen LogP contribution is 2.37. The van der Waals surface area contributed by atoms with E-state index in [1.54, 1.807) is 0 Å². The zero-order valence-electron chi connectivity index (χ0n) is 10.0. The van der Waals surface area contributed by atoms with Gasteiger partial charge in [-0.1, -0.05) is 13.8 Å². The summed E-state index contributed by atoms with van der Waals surface area (Å²) < 4.78 is 0. The lowest BCUT2D eigenvalue weighted by atomic mass is 9.97. The van der Waals surface area contributed by atoms with E-state index < -0.39 is 0 Å². The summed E-state index contributed by atoms with van der Waals surface area (Å²) in [6.45, 7) is 5.35. The molecule has 0 aromatic heterocycles. The van der Waals surface area contributed by atoms with E-state index in [4.69, 9.17) is 0 Å². The summed E-state index contributed by atoms with van der Waals surface area (Å²) in [6, 6.07) is 0.395. The number of hydrogen-bond acceptors (Lipinski definition) is 3. The maximum atomic E-state index is 11.9. The summed E-state index contributed by atoms with van der Waals surface area (Å²) in [5, 5.41) is 3.24. The molecule has 1 heterocycles. The van der Waals surface area contributed by atoms with Crippen molar-refractivity contribution in [3.8, 4) is 0 Å². The number of carbonyl (C=O) groups excluding carboxylic acids is 2. The van der Waals surface area contributed by atoms with Crippen molar-refractivity contribution in [1.29, 1.82) is 0 Å². The van der Waals surface area contributed by atoms with Gasteiger partial charge in [0.2, 0.25) is 11.8 Å². The number of rotatable bonds is 4. The molecule has 2 aliphatic rings. The van der Waals surface area contributed by atoms with Crippen LogP contribution in [0, 0.1) is 11.8 Å². The molecule has 0 aromatic carbocycles. The summed E-state index contributed by atoms with van der Waals surface area (Å²) in [7, 11) is 0. The van der Waals surface area contributed by atoms with Crippen molar-refractivity contribution in [1.82, 2.24) is 10.2 Å². The Labute approximate surface area is 96.4 Å². The van der Waals surface area contributed by atoms with Crippen LogP contribution in [0.5, 0.6) is 0 Å². The standard InChI is InChI=1S/C12H20N2O2/c1-8(2)13-5-6-14-11(15)9-3-4-10(7-9)12(14)16/h8-10,13H,3-7H2,1-2H3. The molecule has 2 amide bonds. The van der Waals surface area contributed by atoms with Gasteiger partial charge in [0, 0.05) is 31.0 Å². The molecule has 2 rings (SSSR count). The van der Waals surface area contributed by atoms with E-state index in [0.717, 1.165) is 19.3 Å². The number of nitrogens with one attached hydrogen (secondary N) is 1. The molecule has 90 valence electrons. The van der Waals surface area contributed by atoms with E-state index in [0.29, 0.717) is 19.1 Å². The average molecular weight is 224 g/mol. The molecule has 0 radical (unpaired) electrons. The molecule has 1 N–H and O–H groups in total. The first-order valence-corrected chi connectivity index (χ1v) is 6.18. The van der Waals surface area contributed by atoms with Crippen LogP contribution >= 0.6 is 0 Å². The van der Waals surface area contributed by atoms with Gasteiger partial charge in [-0.15, -0.1) is 0 Å². The molecular formula is C12H20N2O2. The Hall–Kier alpha value is -0.900. The van der Waals surface area contributed by atoms with Crippen molar-refractivity contribution in [2.75, 3.05) is 13.1 Å². The van der Waals surface area contributed by atoms with E-state index in [1.807, 2.05) is 0 Å². The Morgan fingerprint density at radius 1 is 1.25 bits per heavy atom. The summed E-state index contributed by atoms with van der Waals surface area (Å²) in [5.41, 5.74) is 0. The number of imide groups is 1. The fourth-order valence-electron chi connectivity index (χ4n) is 2.66. The van der Waals surface area contributed by atoms with Gasteiger partial charge in [0.25, 0.3) is 0 Å². The van der Waals surface area contributed by atoms with Gasteiger partial charge in [0.15, 0.2) is 0 Å². The topological polar surface area (TPSA) is 49.4 Å². The van der Waals surface area contributed by atoms with Crippen molar-refractivity contribution >= 4 is 11.8 Å². The Bertz CT molecular complexity index is 279. The normalized spacial score (nSPS) is 29.3. The monoisotopic (exact) mass is 224 g/mol. The zero-order valence-corrected chi connectivity index (χ0v) is 10.0. The number of carbonyl (C=O) groups is 2. The smallest absolute Gasteiger partial charge is 0.232 e. The van der Waals surface area contributed by atoms with E-state index in [2.05, 4.69) is 19.2 Å². The van der Waals surface area contributed by atoms with Crippen LogP contribution in [-0.2, 0) is 9.59 Å². The van der Waals surface area contributed by atoms with Crippen molar-refractivity contribution in [3.05, 3.63) is 0 Å². The largest absolute Gasteiger partial charge is 0.313 e. The Morgan fingerprint density at radius 3 is 2.31 bits per heavy atom. The van der Waals surface area contributed by atoms with Crippen molar-refractivity contribution < 1.29 is 9.59 Å². The fourth-order valence-corrected chi connectivity index (χ4v) is 2.66. The van der Waals surface area contributed by atoms with Gasteiger partial charge < -0.3 is 5.32 Å². The van der Waals surface area contributed by atoms with Crippen LogP contribution in [0.4, 0.5) is 0 Å². The van der Waals surface area contributed by atoms with Gasteiger partial charge in [-0.25, -0.2) is 0 Å². The first-order valence-electron chi connectivity index (χ1n) is 6.18. The van der Waals surface area contributed by atoms with Crippen molar-refractivity contribution in [2.24, 2.45) is 11.8 Å². The van der Waals surface area contributed by atoms with Gasteiger partial charge in [-0.3, -0.25) is 14.5 Å². The summed E-state index contributed by atoms with van der Waals surface area (Å²) in [4.78, 5) is 25.4. The highest BCUT2D eigenvalue weighted by Gasteiger charge is 2.44. The van der Waals surface area contributed by atoms with Crippen LogP contribution in [0.15, 0.2) is 0 Å². The molecule has 1 aliphatic heterocycles. The summed E-state index contributed by atoms with van der Waals surface area (Å²) in [5.74, 6) is 0.372. The third kappa shape index (κ3) is 2.12. The predicted octanol–water partition coefficient (Wildman–Crippen LogP) is 0.769. The Balaban J connectivity index is 1.92. The molecule has 1 saturated heterocycles. The minimum atomic E-state index is 0.0595. The summed E-state index contributed by atoms with van der Waals surface area (Å²) >= 11 is 0. The van der Waals surface area contributed by atoms with Crippen LogP contribution in [0.2, 0.25) is 0 Å². The van der Waals surface area contributed by atoms with Crippen molar-refractivity contribution in [2.45, 2.75) is 39.2 Å². The first-order chi connectivity index (χ1) is 7.59. The summed E-state index contributed by atoms with van der Waals surface area (Å²) in [6.07, 6.45) is 2.61. The minimum Gasteiger partial charge on any atom is -0.313 e.